The second-order valence-corrected chi connectivity index (χ2v) is 10.7. The van der Waals surface area contributed by atoms with Crippen molar-refractivity contribution in [1.82, 2.24) is 9.80 Å². The smallest absolute Gasteiger partial charge is 0.237 e. The summed E-state index contributed by atoms with van der Waals surface area (Å²) >= 11 is 0. The van der Waals surface area contributed by atoms with Crippen LogP contribution in [0.4, 0.5) is 0 Å². The molecular weight excluding hydrogens is 386 g/mol. The van der Waals surface area contributed by atoms with E-state index in [1.807, 2.05) is 6.07 Å². The van der Waals surface area contributed by atoms with Crippen molar-refractivity contribution in [2.45, 2.75) is 38.4 Å². The largest absolute Gasteiger partial charge is 0.341 e. The Morgan fingerprint density at radius 3 is 2.48 bits per heavy atom. The predicted octanol–water partition coefficient (Wildman–Crippen LogP) is 2.44. The van der Waals surface area contributed by atoms with E-state index in [1.54, 1.807) is 29.2 Å². The average molecular weight is 418 g/mol. The van der Waals surface area contributed by atoms with Gasteiger partial charge in [-0.1, -0.05) is 19.1 Å². The Bertz CT molecular complexity index is 837. The molecule has 1 aromatic rings. The maximum absolute atomic E-state index is 12.7. The van der Waals surface area contributed by atoms with Crippen LogP contribution in [0.5, 0.6) is 0 Å². The highest BCUT2D eigenvalue weighted by Gasteiger charge is 2.29. The molecule has 3 rings (SSSR count). The Labute approximate surface area is 174 Å². The van der Waals surface area contributed by atoms with E-state index in [0.717, 1.165) is 38.4 Å². The number of carbonyl (C=O) groups excluding carboxylic acids is 1. The number of carbonyl (C=O) groups is 1. The number of hydrogen-bond acceptors (Lipinski definition) is 5. The van der Waals surface area contributed by atoms with E-state index < -0.39 is 15.6 Å². The van der Waals surface area contributed by atoms with E-state index in [2.05, 4.69) is 11.8 Å². The quantitative estimate of drug-likeness (QED) is 0.710. The fourth-order valence-electron chi connectivity index (χ4n) is 4.31. The van der Waals surface area contributed by atoms with Crippen LogP contribution in [0, 0.1) is 23.2 Å². The Morgan fingerprint density at radius 2 is 1.83 bits per heavy atom. The van der Waals surface area contributed by atoms with E-state index in [4.69, 9.17) is 5.26 Å². The van der Waals surface area contributed by atoms with Gasteiger partial charge in [-0.25, -0.2) is 8.42 Å². The molecule has 0 bridgehead atoms. The van der Waals surface area contributed by atoms with E-state index in [-0.39, 0.29) is 11.7 Å². The van der Waals surface area contributed by atoms with Gasteiger partial charge in [0.15, 0.2) is 9.84 Å². The van der Waals surface area contributed by atoms with Crippen molar-refractivity contribution in [3.8, 4) is 6.07 Å². The lowest BCUT2D eigenvalue weighted by Gasteiger charge is -2.37. The molecule has 0 aromatic heterocycles. The van der Waals surface area contributed by atoms with Gasteiger partial charge in [0.1, 0.15) is 5.75 Å². The third-order valence-corrected chi connectivity index (χ3v) is 7.54. The zero-order chi connectivity index (χ0) is 20.9. The highest BCUT2D eigenvalue weighted by Crippen LogP contribution is 2.22. The minimum atomic E-state index is -3.54. The standard InChI is InChI=1S/C22H31N3O3S/c1-18-8-11-24(12-9-18)14-21-3-2-10-25(15-21)22(26)17-29(27,28)16-20-6-4-19(13-23)5-7-20/h4-7,18,21H,2-3,8-12,14-17H2,1H3. The summed E-state index contributed by atoms with van der Waals surface area (Å²) in [5, 5.41) is 8.84. The van der Waals surface area contributed by atoms with Crippen molar-refractivity contribution in [1.29, 1.82) is 5.26 Å². The van der Waals surface area contributed by atoms with Crippen molar-refractivity contribution in [2.75, 3.05) is 38.5 Å². The average Bonchev–Trinajstić information content (AvgIpc) is 2.70. The molecule has 2 saturated heterocycles. The number of likely N-dealkylation sites (tertiary alicyclic amines) is 2. The molecule has 29 heavy (non-hydrogen) atoms. The molecule has 2 fully saturated rings. The molecule has 2 aliphatic rings. The Kier molecular flexibility index (Phi) is 7.31. The van der Waals surface area contributed by atoms with Gasteiger partial charge in [0, 0.05) is 19.6 Å². The van der Waals surface area contributed by atoms with Crippen LogP contribution in [0.1, 0.15) is 43.7 Å². The zero-order valence-electron chi connectivity index (χ0n) is 17.2. The Hall–Kier alpha value is -1.91. The summed E-state index contributed by atoms with van der Waals surface area (Å²) in [7, 11) is -3.54. The first-order chi connectivity index (χ1) is 13.8. The van der Waals surface area contributed by atoms with Crippen LogP contribution in [0.25, 0.3) is 0 Å². The van der Waals surface area contributed by atoms with Gasteiger partial charge in [-0.3, -0.25) is 4.79 Å². The van der Waals surface area contributed by atoms with Gasteiger partial charge in [-0.15, -0.1) is 0 Å². The van der Waals surface area contributed by atoms with Gasteiger partial charge >= 0.3 is 0 Å². The minimum absolute atomic E-state index is 0.173. The normalized spacial score (nSPS) is 21.7. The Morgan fingerprint density at radius 1 is 1.14 bits per heavy atom. The van der Waals surface area contributed by atoms with E-state index in [9.17, 15) is 13.2 Å². The van der Waals surface area contributed by atoms with Gasteiger partial charge in [-0.05, 0) is 68.3 Å². The summed E-state index contributed by atoms with van der Waals surface area (Å²) in [4.78, 5) is 16.9. The zero-order valence-corrected chi connectivity index (χ0v) is 18.0. The number of nitriles is 1. The summed E-state index contributed by atoms with van der Waals surface area (Å²) < 4.78 is 25.0. The van der Waals surface area contributed by atoms with E-state index in [0.29, 0.717) is 30.1 Å². The first-order valence-corrected chi connectivity index (χ1v) is 12.4. The van der Waals surface area contributed by atoms with Crippen LogP contribution >= 0.6 is 0 Å². The van der Waals surface area contributed by atoms with Crippen molar-refractivity contribution >= 4 is 15.7 Å². The highest BCUT2D eigenvalue weighted by atomic mass is 32.2. The minimum Gasteiger partial charge on any atom is -0.341 e. The SMILES string of the molecule is CC1CCN(CC2CCCN(C(=O)CS(=O)(=O)Cc3ccc(C#N)cc3)C2)CC1. The van der Waals surface area contributed by atoms with Crippen molar-refractivity contribution in [2.24, 2.45) is 11.8 Å². The van der Waals surface area contributed by atoms with Crippen molar-refractivity contribution < 1.29 is 13.2 Å². The lowest BCUT2D eigenvalue weighted by Crippen LogP contribution is -2.46. The van der Waals surface area contributed by atoms with E-state index in [1.165, 1.54) is 12.8 Å². The molecule has 7 heteroatoms. The topological polar surface area (TPSA) is 81.5 Å². The van der Waals surface area contributed by atoms with E-state index >= 15 is 0 Å². The molecule has 0 spiro atoms. The Balaban J connectivity index is 1.51. The summed E-state index contributed by atoms with van der Waals surface area (Å²) in [6.45, 7) is 6.89. The molecule has 1 atom stereocenters. The fourth-order valence-corrected chi connectivity index (χ4v) is 5.67. The van der Waals surface area contributed by atoms with Gasteiger partial charge in [0.05, 0.1) is 17.4 Å². The summed E-state index contributed by atoms with van der Waals surface area (Å²) in [6, 6.07) is 8.49. The fraction of sp³-hybridized carbons (Fsp3) is 0.636. The number of rotatable bonds is 6. The molecule has 1 aromatic carbocycles. The van der Waals surface area contributed by atoms with Crippen LogP contribution in [-0.2, 0) is 20.4 Å². The number of hydrogen-bond donors (Lipinski definition) is 0. The third-order valence-electron chi connectivity index (χ3n) is 6.08. The van der Waals surface area contributed by atoms with Crippen LogP contribution < -0.4 is 0 Å². The van der Waals surface area contributed by atoms with Crippen LogP contribution in [0.2, 0.25) is 0 Å². The number of benzene rings is 1. The van der Waals surface area contributed by atoms with Crippen LogP contribution in [0.3, 0.4) is 0 Å². The van der Waals surface area contributed by atoms with Crippen molar-refractivity contribution in [3.05, 3.63) is 35.4 Å². The number of piperidine rings is 2. The molecule has 0 radical (unpaired) electrons. The monoisotopic (exact) mass is 417 g/mol. The van der Waals surface area contributed by atoms with Gasteiger partial charge in [-0.2, -0.15) is 5.26 Å². The van der Waals surface area contributed by atoms with Crippen LogP contribution in [-0.4, -0.2) is 62.6 Å². The van der Waals surface area contributed by atoms with Crippen molar-refractivity contribution in [3.63, 3.8) is 0 Å². The molecule has 1 amide bonds. The second-order valence-electron chi connectivity index (χ2n) is 8.67. The second kappa shape index (κ2) is 9.73. The summed E-state index contributed by atoms with van der Waals surface area (Å²) in [5.74, 6) is 0.337. The molecule has 1 unspecified atom stereocenters. The highest BCUT2D eigenvalue weighted by molar-refractivity contribution is 7.91. The molecule has 2 heterocycles. The lowest BCUT2D eigenvalue weighted by molar-refractivity contribution is -0.130. The molecule has 6 nitrogen and oxygen atoms in total. The number of sulfone groups is 1. The molecule has 0 N–H and O–H groups in total. The molecule has 0 saturated carbocycles. The lowest BCUT2D eigenvalue weighted by atomic mass is 9.94. The van der Waals surface area contributed by atoms with Gasteiger partial charge in [0.2, 0.25) is 5.91 Å². The molecular formula is C22H31N3O3S. The number of nitrogens with zero attached hydrogens (tertiary/aromatic N) is 3. The maximum Gasteiger partial charge on any atom is 0.237 e. The first-order valence-electron chi connectivity index (χ1n) is 10.5. The first kappa shape index (κ1) is 21.8. The van der Waals surface area contributed by atoms with Crippen LogP contribution in [0.15, 0.2) is 24.3 Å². The summed E-state index contributed by atoms with van der Waals surface area (Å²) in [5.41, 5.74) is 1.09. The van der Waals surface area contributed by atoms with Gasteiger partial charge in [0.25, 0.3) is 0 Å². The molecule has 0 aliphatic carbocycles. The molecule has 2 aliphatic heterocycles. The number of amides is 1. The third kappa shape index (κ3) is 6.55. The molecule has 158 valence electrons. The summed E-state index contributed by atoms with van der Waals surface area (Å²) in [6.07, 6.45) is 4.52. The maximum atomic E-state index is 12.7. The predicted molar refractivity (Wildman–Crippen MR) is 113 cm³/mol. The van der Waals surface area contributed by atoms with Gasteiger partial charge < -0.3 is 9.80 Å².